The van der Waals surface area contributed by atoms with E-state index >= 15 is 0 Å². The summed E-state index contributed by atoms with van der Waals surface area (Å²) in [4.78, 5) is 10.5. The van der Waals surface area contributed by atoms with Crippen molar-refractivity contribution in [3.8, 4) is 40.1 Å². The van der Waals surface area contributed by atoms with Crippen molar-refractivity contribution in [3.05, 3.63) is 90.6 Å². The predicted octanol–water partition coefficient (Wildman–Crippen LogP) is 4.89. The fourth-order valence-corrected chi connectivity index (χ4v) is 10.5. The van der Waals surface area contributed by atoms with Gasteiger partial charge in [-0.25, -0.2) is 36.3 Å². The highest BCUT2D eigenvalue weighted by atomic mass is 32.3. The molecule has 0 spiro atoms. The molecule has 0 amide bonds. The molecule has 76 heavy (non-hydrogen) atoms. The van der Waals surface area contributed by atoms with E-state index in [4.69, 9.17) is 19.3 Å². The molecule has 0 atom stereocenters. The lowest BCUT2D eigenvalue weighted by Crippen LogP contribution is -2.15. The highest BCUT2D eigenvalue weighted by Crippen LogP contribution is 2.43. The molecule has 8 N–H and O–H groups in total. The van der Waals surface area contributed by atoms with Crippen LogP contribution >= 0.6 is 24.4 Å². The number of rotatable bonds is 26. The zero-order valence-electron chi connectivity index (χ0n) is 36.8. The number of azo groups is 2. The Morgan fingerprint density at radius 1 is 0.605 bits per heavy atom. The molecule has 0 radical (unpaired) electrons. The van der Waals surface area contributed by atoms with Crippen molar-refractivity contribution in [1.29, 1.82) is 0 Å². The Morgan fingerprint density at radius 3 is 1.64 bits per heavy atom. The van der Waals surface area contributed by atoms with Crippen LogP contribution in [0.25, 0.3) is 22.5 Å². The second kappa shape index (κ2) is 24.2. The van der Waals surface area contributed by atoms with E-state index < -0.39 is 127 Å². The first-order valence-corrected chi connectivity index (χ1v) is 28.3. The van der Waals surface area contributed by atoms with E-state index in [9.17, 15) is 71.3 Å². The highest BCUT2D eigenvalue weighted by Gasteiger charge is 2.28. The van der Waals surface area contributed by atoms with Gasteiger partial charge in [0.2, 0.25) is 23.1 Å². The summed E-state index contributed by atoms with van der Waals surface area (Å²) in [5.74, 6) is -6.22. The number of carboxylic acids is 1. The number of carbonyl (C=O) groups is 1. The van der Waals surface area contributed by atoms with E-state index in [-0.39, 0.29) is 67.2 Å². The van der Waals surface area contributed by atoms with Crippen LogP contribution in [0.1, 0.15) is 10.5 Å². The summed E-state index contributed by atoms with van der Waals surface area (Å²) in [5, 5.41) is 78.7. The summed E-state index contributed by atoms with van der Waals surface area (Å²) in [6, 6.07) is 14.9. The fraction of sp³-hybridized carbons (Fsp3) is 0.114. The first-order valence-electron chi connectivity index (χ1n) is 19.5. The maximum Gasteiger partial charge on any atom is 0.448 e. The first-order chi connectivity index (χ1) is 35.6. The van der Waals surface area contributed by atoms with Crippen molar-refractivity contribution < 1.29 is 118 Å². The third-order valence-electron chi connectivity index (χ3n) is 9.22. The van der Waals surface area contributed by atoms with Crippen molar-refractivity contribution in [1.82, 2.24) is 19.6 Å². The molecule has 6 rings (SSSR count). The average Bonchev–Trinajstić information content (AvgIpc) is 3.84. The molecule has 4 aromatic carbocycles. The number of hydrogen-bond acceptors (Lipinski definition) is 30. The van der Waals surface area contributed by atoms with Crippen LogP contribution in [0.5, 0.6) is 17.6 Å². The summed E-state index contributed by atoms with van der Waals surface area (Å²) >= 11 is 0.378. The first kappa shape index (κ1) is 58.6. The lowest BCUT2D eigenvalue weighted by molar-refractivity contribution is -0.434. The molecule has 41 heteroatoms. The van der Waals surface area contributed by atoms with Gasteiger partial charge in [0.15, 0.2) is 37.7 Å². The largest absolute Gasteiger partial charge is 0.492 e. The van der Waals surface area contributed by atoms with E-state index in [0.717, 1.165) is 72.8 Å². The normalized spacial score (nSPS) is 12.8. The highest BCUT2D eigenvalue weighted by molar-refractivity contribution is 7.94. The standard InChI is InChI=1S/C35H30N8O26S7/c44-33-29(30(35(46)47)40-42(33)21-3-7-24(8-4-21)73(52,53)16-14-64-75(57,58)59)38-36-19-1-11-25(27(17-19)70-68-66-48)26-12-2-20(18-28(26)74(54,55)56)37-39-31-32(65-76(60,61)62)41-43(34(31)45)22-5-9-23(10-6-22)72(50,51)15-13-63-71-69-67-49/h1-12,17-18,44-45,48-49H,13-16H2,(H,46,47)(H,54,55,56)(H,57,58,59)(H,60,61,62)/b38-36+,39-37+. The minimum Gasteiger partial charge on any atom is -0.492 e. The zero-order valence-corrected chi connectivity index (χ0v) is 42.5. The second-order valence-corrected chi connectivity index (χ2v) is 23.0. The van der Waals surface area contributed by atoms with E-state index in [1.54, 1.807) is 0 Å². The van der Waals surface area contributed by atoms with Crippen LogP contribution in [-0.2, 0) is 77.7 Å². The summed E-state index contributed by atoms with van der Waals surface area (Å²) in [5.41, 5.74) is -3.80. The van der Waals surface area contributed by atoms with Crippen molar-refractivity contribution >= 4 is 104 Å². The van der Waals surface area contributed by atoms with Gasteiger partial charge in [-0.2, -0.15) is 49.9 Å². The Bertz CT molecular complexity index is 3780. The van der Waals surface area contributed by atoms with Crippen LogP contribution in [0.2, 0.25) is 0 Å². The zero-order chi connectivity index (χ0) is 55.8. The summed E-state index contributed by atoms with van der Waals surface area (Å²) in [6.07, 6.45) is 0. The monoisotopic (exact) mass is 1200 g/mol. The van der Waals surface area contributed by atoms with Gasteiger partial charge in [0, 0.05) is 10.5 Å². The molecule has 2 aromatic heterocycles. The number of nitrogens with zero attached hydrogens (tertiary/aromatic N) is 8. The predicted molar refractivity (Wildman–Crippen MR) is 250 cm³/mol. The number of carboxylic acid groups (broad SMARTS) is 1. The van der Waals surface area contributed by atoms with E-state index in [2.05, 4.69) is 57.8 Å². The molecule has 0 aliphatic rings. The molecular weight excluding hydrogens is 1170 g/mol. The van der Waals surface area contributed by atoms with Crippen LogP contribution < -0.4 is 4.18 Å². The van der Waals surface area contributed by atoms with Gasteiger partial charge in [-0.3, -0.25) is 17.8 Å². The van der Waals surface area contributed by atoms with Crippen molar-refractivity contribution in [2.45, 2.75) is 19.6 Å². The van der Waals surface area contributed by atoms with Gasteiger partial charge in [-0.05, 0) is 78.4 Å². The Morgan fingerprint density at radius 2 is 1.12 bits per heavy atom. The molecule has 2 heterocycles. The lowest BCUT2D eigenvalue weighted by atomic mass is 10.0. The van der Waals surface area contributed by atoms with Gasteiger partial charge in [-0.1, -0.05) is 22.2 Å². The van der Waals surface area contributed by atoms with E-state index in [0.29, 0.717) is 9.36 Å². The SMILES string of the molecule is O=C(O)c1nn(-c2ccc(S(=O)(=O)CCOS(=O)(=O)O)cc2)c(O)c1/N=N/c1ccc(-c2ccc(/N=N/c3c(OS(=O)(=O)O)nn(-c4ccc(S(=O)(=O)CCOSOOO)cc4)c3O)cc2S(=O)(=O)O)c(SOOO)c1. The van der Waals surface area contributed by atoms with Crippen LogP contribution in [0, 0.1) is 0 Å². The van der Waals surface area contributed by atoms with Crippen LogP contribution in [0.3, 0.4) is 0 Å². The number of aromatic hydroxyl groups is 2. The van der Waals surface area contributed by atoms with Gasteiger partial charge in [-0.15, -0.1) is 24.0 Å². The fourth-order valence-electron chi connectivity index (χ4n) is 6.05. The van der Waals surface area contributed by atoms with Crippen LogP contribution in [-0.4, -0.2) is 132 Å². The number of hydrogen-bond donors (Lipinski definition) is 8. The molecule has 0 unspecified atom stereocenters. The van der Waals surface area contributed by atoms with Gasteiger partial charge >= 0.3 is 26.8 Å². The lowest BCUT2D eigenvalue weighted by Gasteiger charge is -2.12. The molecular formula is C35H30N8O26S7. The third kappa shape index (κ3) is 15.1. The second-order valence-electron chi connectivity index (χ2n) is 14.0. The Labute approximate surface area is 434 Å². The summed E-state index contributed by atoms with van der Waals surface area (Å²) < 4.78 is 173. The minimum atomic E-state index is -5.38. The molecule has 0 aliphatic carbocycles. The van der Waals surface area contributed by atoms with Gasteiger partial charge in [0.25, 0.3) is 16.0 Å². The van der Waals surface area contributed by atoms with Gasteiger partial charge in [0.05, 0.1) is 69.3 Å². The van der Waals surface area contributed by atoms with Gasteiger partial charge < -0.3 is 19.5 Å². The summed E-state index contributed by atoms with van der Waals surface area (Å²) in [6.45, 7) is -1.34. The molecule has 0 saturated heterocycles. The Balaban J connectivity index is 1.30. The van der Waals surface area contributed by atoms with Crippen molar-refractivity contribution in [2.24, 2.45) is 20.5 Å². The number of benzene rings is 4. The average molecular weight is 1200 g/mol. The topological polar surface area (TPSA) is 499 Å². The van der Waals surface area contributed by atoms with Crippen LogP contribution in [0.4, 0.5) is 22.7 Å². The quantitative estimate of drug-likeness (QED) is 0.00894. The number of aromatic carboxylic acids is 1. The maximum absolute atomic E-state index is 12.8. The number of aromatic nitrogens is 4. The molecule has 0 fully saturated rings. The third-order valence-corrected chi connectivity index (χ3v) is 15.4. The van der Waals surface area contributed by atoms with Crippen molar-refractivity contribution in [2.75, 3.05) is 24.7 Å². The van der Waals surface area contributed by atoms with Crippen molar-refractivity contribution in [3.63, 3.8) is 0 Å². The van der Waals surface area contributed by atoms with Gasteiger partial charge in [0.1, 0.15) is 4.90 Å². The summed E-state index contributed by atoms with van der Waals surface area (Å²) in [7, 11) is -23.7. The molecule has 0 bridgehead atoms. The minimum absolute atomic E-state index is 0.106. The van der Waals surface area contributed by atoms with E-state index in [1.807, 2.05) is 0 Å². The molecule has 0 saturated carbocycles. The van der Waals surface area contributed by atoms with E-state index in [1.165, 1.54) is 12.1 Å². The molecule has 0 aliphatic heterocycles. The Hall–Kier alpha value is -6.62. The number of sulfone groups is 2. The molecule has 6 aromatic rings. The maximum atomic E-state index is 12.8. The molecule has 408 valence electrons. The van der Waals surface area contributed by atoms with Crippen LogP contribution in [0.15, 0.2) is 125 Å². The smallest absolute Gasteiger partial charge is 0.448 e. The molecule has 34 nitrogen and oxygen atoms in total. The Kier molecular flexibility index (Phi) is 18.6.